The van der Waals surface area contributed by atoms with E-state index in [9.17, 15) is 5.11 Å². The maximum atomic E-state index is 9.70. The molecule has 0 bridgehead atoms. The van der Waals surface area contributed by atoms with Gasteiger partial charge in [-0.1, -0.05) is 26.8 Å². The van der Waals surface area contributed by atoms with Crippen LogP contribution >= 0.6 is 0 Å². The smallest absolute Gasteiger partial charge is 0.115 e. The maximum Gasteiger partial charge on any atom is 0.115 e. The second-order valence-electron chi connectivity index (χ2n) is 6.77. The molecule has 1 aromatic rings. The lowest BCUT2D eigenvalue weighted by atomic mass is 9.85. The summed E-state index contributed by atoms with van der Waals surface area (Å²) in [5.74, 6) is 0.393. The van der Waals surface area contributed by atoms with Crippen molar-refractivity contribution in [3.63, 3.8) is 0 Å². The Hall–Kier alpha value is -1.02. The molecule has 0 aromatic heterocycles. The first-order chi connectivity index (χ1) is 8.37. The van der Waals surface area contributed by atoms with Crippen molar-refractivity contribution < 1.29 is 5.11 Å². The number of benzene rings is 1. The van der Waals surface area contributed by atoms with Crippen LogP contribution in [0.25, 0.3) is 0 Å². The molecule has 0 fully saturated rings. The molecule has 0 saturated heterocycles. The molecule has 18 heavy (non-hydrogen) atoms. The molecular weight excluding hydrogens is 222 g/mol. The van der Waals surface area contributed by atoms with Crippen LogP contribution in [0.4, 0.5) is 0 Å². The summed E-state index contributed by atoms with van der Waals surface area (Å²) >= 11 is 0. The number of hydrogen-bond acceptors (Lipinski definition) is 2. The summed E-state index contributed by atoms with van der Waals surface area (Å²) in [7, 11) is 2.20. The minimum atomic E-state index is 0.309. The highest BCUT2D eigenvalue weighted by molar-refractivity contribution is 5.38. The summed E-state index contributed by atoms with van der Waals surface area (Å²) in [6.07, 6.45) is 3.59. The molecule has 0 saturated carbocycles. The molecule has 2 nitrogen and oxygen atoms in total. The average molecular weight is 247 g/mol. The van der Waals surface area contributed by atoms with Crippen LogP contribution in [0.15, 0.2) is 18.2 Å². The number of hydrogen-bond donors (Lipinski definition) is 1. The van der Waals surface area contributed by atoms with Gasteiger partial charge in [-0.3, -0.25) is 4.90 Å². The van der Waals surface area contributed by atoms with Crippen molar-refractivity contribution in [2.75, 3.05) is 13.6 Å². The largest absolute Gasteiger partial charge is 0.508 e. The topological polar surface area (TPSA) is 23.5 Å². The lowest BCUT2D eigenvalue weighted by molar-refractivity contribution is 0.158. The van der Waals surface area contributed by atoms with Crippen LogP contribution < -0.4 is 0 Å². The van der Waals surface area contributed by atoms with Gasteiger partial charge in [0.25, 0.3) is 0 Å². The second-order valence-corrected chi connectivity index (χ2v) is 6.77. The number of phenols is 1. The van der Waals surface area contributed by atoms with Gasteiger partial charge in [0.15, 0.2) is 0 Å². The zero-order chi connectivity index (χ0) is 13.3. The molecule has 2 heteroatoms. The van der Waals surface area contributed by atoms with E-state index in [1.165, 1.54) is 24.0 Å². The molecule has 1 atom stereocenters. The third kappa shape index (κ3) is 3.05. The van der Waals surface area contributed by atoms with Crippen molar-refractivity contribution in [2.45, 2.75) is 46.1 Å². The van der Waals surface area contributed by atoms with E-state index in [1.54, 1.807) is 0 Å². The van der Waals surface area contributed by atoms with E-state index in [0.717, 1.165) is 13.0 Å². The number of aromatic hydroxyl groups is 1. The standard InChI is InChI=1S/C16H25NO/c1-16(2,3)11-17(4)15-7-5-6-12-8-9-13(18)10-14(12)15/h8-10,15,18H,5-7,11H2,1-4H3. The van der Waals surface area contributed by atoms with Crippen LogP contribution in [-0.4, -0.2) is 23.6 Å². The Kier molecular flexibility index (Phi) is 3.67. The molecule has 0 amide bonds. The number of aryl methyl sites for hydroxylation is 1. The monoisotopic (exact) mass is 247 g/mol. The summed E-state index contributed by atoms with van der Waals surface area (Å²) in [5.41, 5.74) is 3.04. The third-order valence-corrected chi connectivity index (χ3v) is 3.67. The first-order valence-corrected chi connectivity index (χ1v) is 6.89. The molecule has 100 valence electrons. The molecule has 1 aliphatic carbocycles. The zero-order valence-corrected chi connectivity index (χ0v) is 12.0. The van der Waals surface area contributed by atoms with Crippen molar-refractivity contribution in [3.05, 3.63) is 29.3 Å². The molecule has 1 N–H and O–H groups in total. The van der Waals surface area contributed by atoms with E-state index in [-0.39, 0.29) is 0 Å². The molecule has 1 aromatic carbocycles. The molecule has 1 unspecified atom stereocenters. The highest BCUT2D eigenvalue weighted by Crippen LogP contribution is 2.36. The Balaban J connectivity index is 2.24. The fraction of sp³-hybridized carbons (Fsp3) is 0.625. The average Bonchev–Trinajstić information content (AvgIpc) is 2.25. The molecule has 2 rings (SSSR count). The maximum absolute atomic E-state index is 9.70. The van der Waals surface area contributed by atoms with Gasteiger partial charge < -0.3 is 5.11 Å². The number of nitrogens with zero attached hydrogens (tertiary/aromatic N) is 1. The highest BCUT2D eigenvalue weighted by Gasteiger charge is 2.26. The normalized spacial score (nSPS) is 19.9. The van der Waals surface area contributed by atoms with E-state index < -0.39 is 0 Å². The Morgan fingerprint density at radius 3 is 2.72 bits per heavy atom. The third-order valence-electron chi connectivity index (χ3n) is 3.67. The van der Waals surface area contributed by atoms with Crippen LogP contribution in [0.2, 0.25) is 0 Å². The summed E-state index contributed by atoms with van der Waals surface area (Å²) in [4.78, 5) is 2.44. The Morgan fingerprint density at radius 1 is 1.33 bits per heavy atom. The molecule has 0 heterocycles. The van der Waals surface area contributed by atoms with Gasteiger partial charge >= 0.3 is 0 Å². The predicted molar refractivity (Wildman–Crippen MR) is 75.9 cm³/mol. The molecular formula is C16H25NO. The molecule has 0 radical (unpaired) electrons. The summed E-state index contributed by atoms with van der Waals surface area (Å²) in [5, 5.41) is 9.70. The minimum Gasteiger partial charge on any atom is -0.508 e. The van der Waals surface area contributed by atoms with Gasteiger partial charge in [0.1, 0.15) is 5.75 Å². The lowest BCUT2D eigenvalue weighted by Gasteiger charge is -2.37. The van der Waals surface area contributed by atoms with E-state index in [0.29, 0.717) is 17.2 Å². The van der Waals surface area contributed by atoms with Crippen LogP contribution in [0, 0.1) is 5.41 Å². The van der Waals surface area contributed by atoms with Gasteiger partial charge in [-0.15, -0.1) is 0 Å². The van der Waals surface area contributed by atoms with Gasteiger partial charge in [0.2, 0.25) is 0 Å². The van der Waals surface area contributed by atoms with Crippen molar-refractivity contribution in [3.8, 4) is 5.75 Å². The van der Waals surface area contributed by atoms with Crippen molar-refractivity contribution in [1.82, 2.24) is 4.90 Å². The zero-order valence-electron chi connectivity index (χ0n) is 12.0. The molecule has 1 aliphatic rings. The van der Waals surface area contributed by atoms with Crippen molar-refractivity contribution in [2.24, 2.45) is 5.41 Å². The fourth-order valence-corrected chi connectivity index (χ4v) is 3.08. The number of fused-ring (bicyclic) bond motifs is 1. The van der Waals surface area contributed by atoms with Crippen LogP contribution in [-0.2, 0) is 6.42 Å². The van der Waals surface area contributed by atoms with Crippen molar-refractivity contribution >= 4 is 0 Å². The number of phenolic OH excluding ortho intramolecular Hbond substituents is 1. The van der Waals surface area contributed by atoms with Gasteiger partial charge in [0.05, 0.1) is 0 Å². The van der Waals surface area contributed by atoms with Crippen LogP contribution in [0.1, 0.15) is 50.8 Å². The second kappa shape index (κ2) is 4.93. The van der Waals surface area contributed by atoms with Crippen molar-refractivity contribution in [1.29, 1.82) is 0 Å². The highest BCUT2D eigenvalue weighted by atomic mass is 16.3. The van der Waals surface area contributed by atoms with E-state index in [4.69, 9.17) is 0 Å². The molecule has 0 aliphatic heterocycles. The summed E-state index contributed by atoms with van der Waals surface area (Å²) < 4.78 is 0. The Bertz CT molecular complexity index is 420. The fourth-order valence-electron chi connectivity index (χ4n) is 3.08. The first-order valence-electron chi connectivity index (χ1n) is 6.89. The Labute approximate surface area is 111 Å². The summed E-state index contributed by atoms with van der Waals surface area (Å²) in [6, 6.07) is 6.31. The van der Waals surface area contributed by atoms with E-state index >= 15 is 0 Å². The van der Waals surface area contributed by atoms with Crippen LogP contribution in [0.5, 0.6) is 5.75 Å². The molecule has 0 spiro atoms. The van der Waals surface area contributed by atoms with Gasteiger partial charge in [-0.05, 0) is 55.0 Å². The van der Waals surface area contributed by atoms with E-state index in [1.807, 2.05) is 12.1 Å². The summed E-state index contributed by atoms with van der Waals surface area (Å²) in [6.45, 7) is 7.90. The lowest BCUT2D eigenvalue weighted by Crippen LogP contribution is -2.34. The Morgan fingerprint density at radius 2 is 2.06 bits per heavy atom. The van der Waals surface area contributed by atoms with Gasteiger partial charge in [-0.25, -0.2) is 0 Å². The minimum absolute atomic E-state index is 0.309. The SMILES string of the molecule is CN(CC(C)(C)C)C1CCCc2ccc(O)cc21. The van der Waals surface area contributed by atoms with Gasteiger partial charge in [-0.2, -0.15) is 0 Å². The number of rotatable bonds is 2. The quantitative estimate of drug-likeness (QED) is 0.860. The first kappa shape index (κ1) is 13.4. The van der Waals surface area contributed by atoms with E-state index in [2.05, 4.69) is 38.8 Å². The van der Waals surface area contributed by atoms with Crippen LogP contribution in [0.3, 0.4) is 0 Å². The van der Waals surface area contributed by atoms with Gasteiger partial charge in [0, 0.05) is 12.6 Å². The predicted octanol–water partition coefficient (Wildman–Crippen LogP) is 3.75.